The molecule has 1 heterocycles. The Labute approximate surface area is 106 Å². The second-order valence-electron chi connectivity index (χ2n) is 4.29. The number of nitrogens with zero attached hydrogens (tertiary/aromatic N) is 1. The van der Waals surface area contributed by atoms with Gasteiger partial charge in [-0.25, -0.2) is 0 Å². The molecule has 0 bridgehead atoms. The van der Waals surface area contributed by atoms with Gasteiger partial charge in [0.1, 0.15) is 0 Å². The summed E-state index contributed by atoms with van der Waals surface area (Å²) in [5.74, 6) is 0.0718. The van der Waals surface area contributed by atoms with Gasteiger partial charge in [0.05, 0.1) is 6.61 Å². The third kappa shape index (κ3) is 2.54. The number of rotatable bonds is 5. The van der Waals surface area contributed by atoms with E-state index in [0.717, 1.165) is 29.4 Å². The molecular formula is C14H18N2O2. The number of hydrogen-bond acceptors (Lipinski definition) is 2. The summed E-state index contributed by atoms with van der Waals surface area (Å²) in [6.45, 7) is 0.866. The van der Waals surface area contributed by atoms with E-state index in [1.807, 2.05) is 30.5 Å². The van der Waals surface area contributed by atoms with E-state index in [9.17, 15) is 9.90 Å². The monoisotopic (exact) mass is 246 g/mol. The lowest BCUT2D eigenvalue weighted by molar-refractivity contribution is -0.120. The molecule has 2 aromatic rings. The summed E-state index contributed by atoms with van der Waals surface area (Å²) < 4.78 is 2.12. The second-order valence-corrected chi connectivity index (χ2v) is 4.29. The topological polar surface area (TPSA) is 54.3 Å². The standard InChI is InChI=1S/C14H18N2O2/c1-15-14(18)6-3-8-16-9-7-12-11(10-17)4-2-5-13(12)16/h2,4-5,7,9,17H,3,6,8,10H2,1H3,(H,15,18). The minimum atomic E-state index is 0.0552. The molecule has 0 aliphatic carbocycles. The molecule has 4 nitrogen and oxygen atoms in total. The number of carbonyl (C=O) groups is 1. The Hall–Kier alpha value is -1.81. The van der Waals surface area contributed by atoms with Gasteiger partial charge >= 0.3 is 0 Å². The summed E-state index contributed by atoms with van der Waals surface area (Å²) in [5.41, 5.74) is 2.05. The van der Waals surface area contributed by atoms with Crippen LogP contribution >= 0.6 is 0 Å². The van der Waals surface area contributed by atoms with E-state index in [1.54, 1.807) is 7.05 Å². The molecule has 1 amide bonds. The van der Waals surface area contributed by atoms with Gasteiger partial charge in [-0.2, -0.15) is 0 Å². The van der Waals surface area contributed by atoms with E-state index >= 15 is 0 Å². The molecule has 0 radical (unpaired) electrons. The van der Waals surface area contributed by atoms with Crippen LogP contribution < -0.4 is 5.32 Å². The van der Waals surface area contributed by atoms with E-state index in [2.05, 4.69) is 9.88 Å². The molecule has 18 heavy (non-hydrogen) atoms. The Bertz CT molecular complexity index is 546. The molecule has 0 fully saturated rings. The first-order valence-electron chi connectivity index (χ1n) is 6.14. The van der Waals surface area contributed by atoms with Gasteiger partial charge in [0.2, 0.25) is 5.91 Å². The number of fused-ring (bicyclic) bond motifs is 1. The normalized spacial score (nSPS) is 10.8. The fourth-order valence-electron chi connectivity index (χ4n) is 2.15. The van der Waals surface area contributed by atoms with Crippen LogP contribution in [0.5, 0.6) is 0 Å². The minimum absolute atomic E-state index is 0.0552. The van der Waals surface area contributed by atoms with Gasteiger partial charge in [-0.05, 0) is 24.1 Å². The highest BCUT2D eigenvalue weighted by Gasteiger charge is 2.05. The second kappa shape index (κ2) is 5.69. The summed E-state index contributed by atoms with van der Waals surface area (Å²) in [6.07, 6.45) is 3.36. The molecule has 96 valence electrons. The molecule has 0 saturated heterocycles. The van der Waals surface area contributed by atoms with E-state index in [4.69, 9.17) is 0 Å². The minimum Gasteiger partial charge on any atom is -0.392 e. The van der Waals surface area contributed by atoms with Gasteiger partial charge in [0.25, 0.3) is 0 Å². The van der Waals surface area contributed by atoms with Crippen molar-refractivity contribution in [2.45, 2.75) is 26.0 Å². The number of nitrogens with one attached hydrogen (secondary N) is 1. The van der Waals surface area contributed by atoms with Crippen molar-refractivity contribution in [2.75, 3.05) is 7.05 Å². The maximum atomic E-state index is 11.2. The van der Waals surface area contributed by atoms with Gasteiger partial charge < -0.3 is 15.0 Å². The van der Waals surface area contributed by atoms with Gasteiger partial charge in [0.15, 0.2) is 0 Å². The van der Waals surface area contributed by atoms with Crippen LogP contribution in [-0.4, -0.2) is 22.6 Å². The molecule has 4 heteroatoms. The van der Waals surface area contributed by atoms with Gasteiger partial charge in [0, 0.05) is 37.1 Å². The number of aryl methyl sites for hydroxylation is 1. The maximum Gasteiger partial charge on any atom is 0.219 e. The highest BCUT2D eigenvalue weighted by atomic mass is 16.3. The van der Waals surface area contributed by atoms with Crippen molar-refractivity contribution in [2.24, 2.45) is 0 Å². The van der Waals surface area contributed by atoms with Crippen molar-refractivity contribution >= 4 is 16.8 Å². The molecule has 0 saturated carbocycles. The van der Waals surface area contributed by atoms with Crippen LogP contribution in [0.15, 0.2) is 30.5 Å². The van der Waals surface area contributed by atoms with Crippen molar-refractivity contribution < 1.29 is 9.90 Å². The van der Waals surface area contributed by atoms with E-state index in [1.165, 1.54) is 0 Å². The van der Waals surface area contributed by atoms with Crippen molar-refractivity contribution in [1.29, 1.82) is 0 Å². The number of benzene rings is 1. The highest BCUT2D eigenvalue weighted by molar-refractivity contribution is 5.83. The third-order valence-corrected chi connectivity index (χ3v) is 3.16. The number of amides is 1. The Morgan fingerprint density at radius 1 is 1.39 bits per heavy atom. The van der Waals surface area contributed by atoms with Crippen LogP contribution in [0.4, 0.5) is 0 Å². The first-order valence-corrected chi connectivity index (χ1v) is 6.14. The number of aromatic nitrogens is 1. The van der Waals surface area contributed by atoms with Crippen molar-refractivity contribution in [1.82, 2.24) is 9.88 Å². The molecule has 0 spiro atoms. The molecule has 0 atom stereocenters. The van der Waals surface area contributed by atoms with Crippen molar-refractivity contribution in [3.05, 3.63) is 36.0 Å². The number of aliphatic hydroxyl groups excluding tert-OH is 1. The van der Waals surface area contributed by atoms with E-state index in [-0.39, 0.29) is 12.5 Å². The molecular weight excluding hydrogens is 228 g/mol. The van der Waals surface area contributed by atoms with Crippen LogP contribution in [-0.2, 0) is 17.9 Å². The number of carbonyl (C=O) groups excluding carboxylic acids is 1. The van der Waals surface area contributed by atoms with Gasteiger partial charge in [-0.3, -0.25) is 4.79 Å². The predicted octanol–water partition coefficient (Wildman–Crippen LogP) is 1.66. The average Bonchev–Trinajstić information content (AvgIpc) is 2.82. The Balaban J connectivity index is 2.12. The van der Waals surface area contributed by atoms with Gasteiger partial charge in [-0.1, -0.05) is 12.1 Å². The fourth-order valence-corrected chi connectivity index (χ4v) is 2.15. The third-order valence-electron chi connectivity index (χ3n) is 3.16. The molecule has 0 aliphatic heterocycles. The zero-order valence-corrected chi connectivity index (χ0v) is 10.5. The van der Waals surface area contributed by atoms with Crippen molar-refractivity contribution in [3.63, 3.8) is 0 Å². The number of hydrogen-bond donors (Lipinski definition) is 2. The molecule has 2 rings (SSSR count). The molecule has 2 N–H and O–H groups in total. The largest absolute Gasteiger partial charge is 0.392 e. The van der Waals surface area contributed by atoms with E-state index in [0.29, 0.717) is 6.42 Å². The Kier molecular flexibility index (Phi) is 3.99. The Morgan fingerprint density at radius 3 is 2.94 bits per heavy atom. The van der Waals surface area contributed by atoms with Crippen LogP contribution in [0.25, 0.3) is 10.9 Å². The predicted molar refractivity (Wildman–Crippen MR) is 71.2 cm³/mol. The molecule has 1 aromatic carbocycles. The smallest absolute Gasteiger partial charge is 0.219 e. The summed E-state index contributed by atoms with van der Waals surface area (Å²) in [5, 5.41) is 13.0. The summed E-state index contributed by atoms with van der Waals surface area (Å²) in [7, 11) is 1.65. The quantitative estimate of drug-likeness (QED) is 0.843. The summed E-state index contributed by atoms with van der Waals surface area (Å²) in [6, 6.07) is 7.93. The average molecular weight is 246 g/mol. The lowest BCUT2D eigenvalue weighted by Gasteiger charge is -2.06. The molecule has 1 aromatic heterocycles. The van der Waals surface area contributed by atoms with Crippen LogP contribution in [0.1, 0.15) is 18.4 Å². The zero-order valence-electron chi connectivity index (χ0n) is 10.5. The first-order chi connectivity index (χ1) is 8.76. The van der Waals surface area contributed by atoms with Crippen molar-refractivity contribution in [3.8, 4) is 0 Å². The van der Waals surface area contributed by atoms with Crippen LogP contribution in [0, 0.1) is 0 Å². The van der Waals surface area contributed by atoms with Gasteiger partial charge in [-0.15, -0.1) is 0 Å². The van der Waals surface area contributed by atoms with Crippen LogP contribution in [0.2, 0.25) is 0 Å². The van der Waals surface area contributed by atoms with Crippen LogP contribution in [0.3, 0.4) is 0 Å². The summed E-state index contributed by atoms with van der Waals surface area (Å²) >= 11 is 0. The molecule has 0 aliphatic rings. The zero-order chi connectivity index (χ0) is 13.0. The lowest BCUT2D eigenvalue weighted by atomic mass is 10.1. The lowest BCUT2D eigenvalue weighted by Crippen LogP contribution is -2.17. The number of aliphatic hydroxyl groups is 1. The highest BCUT2D eigenvalue weighted by Crippen LogP contribution is 2.20. The molecule has 0 unspecified atom stereocenters. The fraction of sp³-hybridized carbons (Fsp3) is 0.357. The first kappa shape index (κ1) is 12.6. The maximum absolute atomic E-state index is 11.2. The Morgan fingerprint density at radius 2 is 2.22 bits per heavy atom. The van der Waals surface area contributed by atoms with E-state index < -0.39 is 0 Å². The summed E-state index contributed by atoms with van der Waals surface area (Å²) in [4.78, 5) is 11.2. The SMILES string of the molecule is CNC(=O)CCCn1ccc2c(CO)cccc21.